The molecule has 4 heteroatoms. The van der Waals surface area contributed by atoms with Crippen molar-refractivity contribution >= 4 is 15.9 Å². The first-order chi connectivity index (χ1) is 10.1. The second-order valence-corrected chi connectivity index (χ2v) is 6.88. The van der Waals surface area contributed by atoms with E-state index in [0.29, 0.717) is 12.1 Å². The van der Waals surface area contributed by atoms with Crippen LogP contribution in [0.2, 0.25) is 0 Å². The molecule has 2 unspecified atom stereocenters. The Balaban J connectivity index is 1.85. The lowest BCUT2D eigenvalue weighted by atomic mass is 10.0. The maximum atomic E-state index is 3.50. The zero-order valence-electron chi connectivity index (χ0n) is 13.5. The van der Waals surface area contributed by atoms with E-state index in [0.717, 1.165) is 10.9 Å². The first kappa shape index (κ1) is 16.9. The van der Waals surface area contributed by atoms with E-state index in [2.05, 4.69) is 76.2 Å². The van der Waals surface area contributed by atoms with Gasteiger partial charge >= 0.3 is 0 Å². The van der Waals surface area contributed by atoms with Crippen LogP contribution in [0.3, 0.4) is 0 Å². The number of halogens is 1. The van der Waals surface area contributed by atoms with Crippen molar-refractivity contribution in [2.45, 2.75) is 32.4 Å². The van der Waals surface area contributed by atoms with Crippen LogP contribution in [-0.2, 0) is 0 Å². The minimum Gasteiger partial charge on any atom is -0.313 e. The molecule has 2 atom stereocenters. The van der Waals surface area contributed by atoms with Gasteiger partial charge in [0.05, 0.1) is 0 Å². The first-order valence-electron chi connectivity index (χ1n) is 8.03. The summed E-state index contributed by atoms with van der Waals surface area (Å²) in [5.74, 6) is 0. The molecule has 0 saturated carbocycles. The molecule has 21 heavy (non-hydrogen) atoms. The van der Waals surface area contributed by atoms with Gasteiger partial charge < -0.3 is 10.2 Å². The van der Waals surface area contributed by atoms with E-state index in [1.807, 2.05) is 0 Å². The molecule has 1 aromatic carbocycles. The summed E-state index contributed by atoms with van der Waals surface area (Å²) < 4.78 is 1.14. The monoisotopic (exact) mass is 353 g/mol. The van der Waals surface area contributed by atoms with Crippen LogP contribution in [0.1, 0.15) is 31.9 Å². The van der Waals surface area contributed by atoms with Gasteiger partial charge in [-0.3, -0.25) is 4.90 Å². The summed E-state index contributed by atoms with van der Waals surface area (Å²) >= 11 is 3.50. The molecule has 1 heterocycles. The lowest BCUT2D eigenvalue weighted by Crippen LogP contribution is -2.51. The smallest absolute Gasteiger partial charge is 0.0329 e. The minimum atomic E-state index is 0.442. The van der Waals surface area contributed by atoms with E-state index in [4.69, 9.17) is 0 Å². The highest BCUT2D eigenvalue weighted by atomic mass is 79.9. The Morgan fingerprint density at radius 2 is 2.00 bits per heavy atom. The maximum absolute atomic E-state index is 3.50. The fraction of sp³-hybridized carbons (Fsp3) is 0.647. The second kappa shape index (κ2) is 8.28. The molecule has 118 valence electrons. The lowest BCUT2D eigenvalue weighted by Gasteiger charge is -2.39. The van der Waals surface area contributed by atoms with Gasteiger partial charge in [-0.15, -0.1) is 0 Å². The van der Waals surface area contributed by atoms with Gasteiger partial charge in [0, 0.05) is 42.7 Å². The number of nitrogens with zero attached hydrogens (tertiary/aromatic N) is 2. The summed E-state index contributed by atoms with van der Waals surface area (Å²) in [5, 5.41) is 3.46. The van der Waals surface area contributed by atoms with Gasteiger partial charge in [-0.25, -0.2) is 0 Å². The molecule has 0 amide bonds. The van der Waals surface area contributed by atoms with Crippen LogP contribution in [0, 0.1) is 0 Å². The summed E-state index contributed by atoms with van der Waals surface area (Å²) in [4.78, 5) is 5.18. The normalized spacial score (nSPS) is 22.4. The van der Waals surface area contributed by atoms with Gasteiger partial charge in [-0.1, -0.05) is 35.0 Å². The molecule has 0 bridgehead atoms. The Labute approximate surface area is 137 Å². The van der Waals surface area contributed by atoms with Crippen LogP contribution in [-0.4, -0.2) is 55.6 Å². The molecule has 0 radical (unpaired) electrons. The highest BCUT2D eigenvalue weighted by Gasteiger charge is 2.22. The molecule has 1 fully saturated rings. The van der Waals surface area contributed by atoms with Gasteiger partial charge in [0.1, 0.15) is 0 Å². The molecule has 1 aromatic rings. The largest absolute Gasteiger partial charge is 0.313 e. The molecule has 1 aliphatic heterocycles. The van der Waals surface area contributed by atoms with Crippen molar-refractivity contribution in [1.29, 1.82) is 0 Å². The number of benzene rings is 1. The summed E-state index contributed by atoms with van der Waals surface area (Å²) in [6.07, 6.45) is 1.16. The lowest BCUT2D eigenvalue weighted by molar-refractivity contribution is 0.0854. The van der Waals surface area contributed by atoms with Gasteiger partial charge in [0.25, 0.3) is 0 Å². The number of nitrogens with one attached hydrogen (secondary N) is 1. The van der Waals surface area contributed by atoms with Crippen molar-refractivity contribution in [3.05, 3.63) is 34.3 Å². The Hall–Kier alpha value is -0.420. The Morgan fingerprint density at radius 1 is 1.29 bits per heavy atom. The third-order valence-corrected chi connectivity index (χ3v) is 5.14. The molecule has 1 saturated heterocycles. The van der Waals surface area contributed by atoms with Crippen LogP contribution in [0.4, 0.5) is 0 Å². The summed E-state index contributed by atoms with van der Waals surface area (Å²) in [6.45, 7) is 10.6. The van der Waals surface area contributed by atoms with E-state index >= 15 is 0 Å². The van der Waals surface area contributed by atoms with Gasteiger partial charge in [0.15, 0.2) is 0 Å². The molecular weight excluding hydrogens is 326 g/mol. The number of hydrogen-bond donors (Lipinski definition) is 1. The summed E-state index contributed by atoms with van der Waals surface area (Å²) in [5.41, 5.74) is 1.38. The second-order valence-electron chi connectivity index (χ2n) is 5.96. The van der Waals surface area contributed by atoms with Gasteiger partial charge in [-0.2, -0.15) is 0 Å². The van der Waals surface area contributed by atoms with Crippen LogP contribution in [0.15, 0.2) is 28.7 Å². The summed E-state index contributed by atoms with van der Waals surface area (Å²) in [6, 6.07) is 9.80. The van der Waals surface area contributed by atoms with Crippen molar-refractivity contribution in [2.75, 3.05) is 39.8 Å². The third-order valence-electron chi connectivity index (χ3n) is 4.61. The quantitative estimate of drug-likeness (QED) is 0.847. The van der Waals surface area contributed by atoms with Crippen LogP contribution < -0.4 is 5.32 Å². The van der Waals surface area contributed by atoms with Crippen molar-refractivity contribution in [1.82, 2.24) is 15.1 Å². The van der Waals surface area contributed by atoms with Crippen molar-refractivity contribution < 1.29 is 0 Å². The average Bonchev–Trinajstić information content (AvgIpc) is 2.49. The van der Waals surface area contributed by atoms with Gasteiger partial charge in [-0.05, 0) is 44.6 Å². The maximum Gasteiger partial charge on any atom is 0.0329 e. The Kier molecular flexibility index (Phi) is 6.68. The highest BCUT2D eigenvalue weighted by Crippen LogP contribution is 2.20. The SMILES string of the molecule is CCN1CCN(CCC(NC)c2ccc(Br)cc2)CC1C. The molecule has 2 rings (SSSR count). The molecule has 1 N–H and O–H groups in total. The Morgan fingerprint density at radius 3 is 2.57 bits per heavy atom. The number of piperazine rings is 1. The molecule has 1 aliphatic rings. The fourth-order valence-corrected chi connectivity index (χ4v) is 3.49. The van der Waals surface area contributed by atoms with Crippen LogP contribution in [0.5, 0.6) is 0 Å². The molecule has 0 aliphatic carbocycles. The van der Waals surface area contributed by atoms with E-state index in [-0.39, 0.29) is 0 Å². The number of rotatable bonds is 6. The van der Waals surface area contributed by atoms with Crippen LogP contribution in [0.25, 0.3) is 0 Å². The first-order valence-corrected chi connectivity index (χ1v) is 8.82. The standard InChI is InChI=1S/C17H28BrN3/c1-4-21-12-11-20(13-14(21)2)10-9-17(19-3)15-5-7-16(18)8-6-15/h5-8,14,17,19H,4,9-13H2,1-3H3. The van der Waals surface area contributed by atoms with Crippen LogP contribution >= 0.6 is 15.9 Å². The number of hydrogen-bond acceptors (Lipinski definition) is 3. The van der Waals surface area contributed by atoms with E-state index in [1.54, 1.807) is 0 Å². The zero-order chi connectivity index (χ0) is 15.2. The zero-order valence-corrected chi connectivity index (χ0v) is 15.1. The Bertz CT molecular complexity index is 421. The van der Waals surface area contributed by atoms with Crippen molar-refractivity contribution in [3.8, 4) is 0 Å². The topological polar surface area (TPSA) is 18.5 Å². The fourth-order valence-electron chi connectivity index (χ4n) is 3.23. The molecule has 3 nitrogen and oxygen atoms in total. The van der Waals surface area contributed by atoms with E-state index < -0.39 is 0 Å². The number of likely N-dealkylation sites (N-methyl/N-ethyl adjacent to an activating group) is 1. The predicted molar refractivity (Wildman–Crippen MR) is 93.7 cm³/mol. The van der Waals surface area contributed by atoms with E-state index in [1.165, 1.54) is 38.3 Å². The molecular formula is C17H28BrN3. The average molecular weight is 354 g/mol. The van der Waals surface area contributed by atoms with Gasteiger partial charge in [0.2, 0.25) is 0 Å². The third kappa shape index (κ3) is 4.78. The van der Waals surface area contributed by atoms with E-state index in [9.17, 15) is 0 Å². The molecule has 0 spiro atoms. The summed E-state index contributed by atoms with van der Waals surface area (Å²) in [7, 11) is 2.06. The van der Waals surface area contributed by atoms with Crippen molar-refractivity contribution in [3.63, 3.8) is 0 Å². The van der Waals surface area contributed by atoms with Crippen molar-refractivity contribution in [2.24, 2.45) is 0 Å². The predicted octanol–water partition coefficient (Wildman–Crippen LogP) is 3.13. The minimum absolute atomic E-state index is 0.442. The highest BCUT2D eigenvalue weighted by molar-refractivity contribution is 9.10. The molecule has 0 aromatic heterocycles.